The van der Waals surface area contributed by atoms with Crippen LogP contribution in [0, 0.1) is 5.82 Å². The van der Waals surface area contributed by atoms with E-state index in [4.69, 9.17) is 30.5 Å². The molecule has 0 aliphatic heterocycles. The second-order valence-electron chi connectivity index (χ2n) is 9.02. The van der Waals surface area contributed by atoms with Crippen LogP contribution < -0.4 is 15.0 Å². The molecule has 0 saturated heterocycles. The lowest BCUT2D eigenvalue weighted by Crippen LogP contribution is -2.20. The number of ether oxygens (including phenoxy) is 2. The molecule has 0 saturated carbocycles. The van der Waals surface area contributed by atoms with Gasteiger partial charge in [0.05, 0.1) is 34.1 Å². The van der Waals surface area contributed by atoms with E-state index in [-0.39, 0.29) is 23.8 Å². The van der Waals surface area contributed by atoms with Crippen LogP contribution in [0.2, 0.25) is 5.02 Å². The minimum Gasteiger partial charge on any atom is -0.496 e. The van der Waals surface area contributed by atoms with Gasteiger partial charge < -0.3 is 13.9 Å². The van der Waals surface area contributed by atoms with E-state index < -0.39 is 0 Å². The molecule has 0 N–H and O–H groups in total. The van der Waals surface area contributed by atoms with Crippen molar-refractivity contribution in [1.29, 1.82) is 0 Å². The van der Waals surface area contributed by atoms with E-state index >= 15 is 0 Å². The average Bonchev–Trinajstić information content (AvgIpc) is 3.41. The molecular weight excluding hydrogens is 613 g/mol. The Morgan fingerprint density at radius 3 is 2.66 bits per heavy atom. The summed E-state index contributed by atoms with van der Waals surface area (Å²) in [5, 5.41) is 6.10. The number of aromatic nitrogens is 2. The van der Waals surface area contributed by atoms with E-state index in [0.717, 1.165) is 10.9 Å². The zero-order valence-electron chi connectivity index (χ0n) is 21.5. The highest BCUT2D eigenvalue weighted by Crippen LogP contribution is 2.34. The first-order valence-corrected chi connectivity index (χ1v) is 13.6. The normalized spacial score (nSPS) is 11.5. The quantitative estimate of drug-likeness (QED) is 0.168. The number of hydrogen-bond acceptors (Lipinski definition) is 6. The molecule has 0 spiro atoms. The monoisotopic (exact) mass is 631 g/mol. The van der Waals surface area contributed by atoms with Gasteiger partial charge in [-0.05, 0) is 76.1 Å². The van der Waals surface area contributed by atoms with Crippen molar-refractivity contribution in [1.82, 2.24) is 9.66 Å². The Kier molecular flexibility index (Phi) is 7.30. The largest absolute Gasteiger partial charge is 0.496 e. The van der Waals surface area contributed by atoms with Gasteiger partial charge in [0.2, 0.25) is 5.82 Å². The summed E-state index contributed by atoms with van der Waals surface area (Å²) >= 11 is 9.85. The maximum Gasteiger partial charge on any atom is 0.282 e. The van der Waals surface area contributed by atoms with Crippen molar-refractivity contribution in [2.75, 3.05) is 7.11 Å². The molecule has 6 rings (SSSR count). The molecule has 7 nitrogen and oxygen atoms in total. The number of nitrogens with zero attached hydrogens (tertiary/aromatic N) is 3. The minimum atomic E-state index is -0.385. The van der Waals surface area contributed by atoms with E-state index in [2.05, 4.69) is 21.0 Å². The van der Waals surface area contributed by atoms with Gasteiger partial charge in [-0.1, -0.05) is 41.9 Å². The first-order chi connectivity index (χ1) is 19.9. The van der Waals surface area contributed by atoms with Crippen molar-refractivity contribution >= 4 is 55.6 Å². The fourth-order valence-corrected chi connectivity index (χ4v) is 5.35. The SMILES string of the molecule is COc1cccc2oc(-c3nc4ccccc4c(=O)n3N=Cc3cc(Cl)cc(Br)c3OCc3ccc(F)cc3)cc12. The lowest BCUT2D eigenvalue weighted by Gasteiger charge is -2.12. The van der Waals surface area contributed by atoms with Crippen molar-refractivity contribution in [3.63, 3.8) is 0 Å². The molecule has 204 valence electrons. The molecule has 2 aromatic heterocycles. The molecule has 4 aromatic carbocycles. The smallest absolute Gasteiger partial charge is 0.282 e. The first kappa shape index (κ1) is 26.7. The van der Waals surface area contributed by atoms with Gasteiger partial charge in [-0.3, -0.25) is 4.79 Å². The Hall–Kier alpha value is -4.47. The van der Waals surface area contributed by atoms with Crippen LogP contribution in [0.4, 0.5) is 4.39 Å². The summed E-state index contributed by atoms with van der Waals surface area (Å²) in [5.74, 6) is 1.28. The Labute approximate surface area is 246 Å². The summed E-state index contributed by atoms with van der Waals surface area (Å²) in [6.45, 7) is 0.172. The van der Waals surface area contributed by atoms with E-state index in [0.29, 0.717) is 48.8 Å². The van der Waals surface area contributed by atoms with Crippen molar-refractivity contribution in [3.8, 4) is 23.1 Å². The zero-order chi connectivity index (χ0) is 28.5. The standard InChI is InChI=1S/C31H20BrClFN3O4/c1-39-26-7-4-8-27-23(26)15-28(41-27)30-36-25-6-3-2-5-22(25)31(38)37(30)35-16-19-13-20(33)14-24(32)29(19)40-17-18-9-11-21(34)12-10-18/h2-16H,17H2,1H3. The highest BCUT2D eigenvalue weighted by molar-refractivity contribution is 9.10. The fraction of sp³-hybridized carbons (Fsp3) is 0.0645. The summed E-state index contributed by atoms with van der Waals surface area (Å²) in [4.78, 5) is 18.4. The topological polar surface area (TPSA) is 78.9 Å². The van der Waals surface area contributed by atoms with Gasteiger partial charge in [-0.2, -0.15) is 9.78 Å². The summed E-state index contributed by atoms with van der Waals surface area (Å²) in [5.41, 5.74) is 1.97. The number of fused-ring (bicyclic) bond motifs is 2. The lowest BCUT2D eigenvalue weighted by molar-refractivity contribution is 0.303. The Bertz CT molecular complexity index is 2000. The Morgan fingerprint density at radius 1 is 1.05 bits per heavy atom. The maximum atomic E-state index is 13.7. The van der Waals surface area contributed by atoms with Crippen LogP contribution >= 0.6 is 27.5 Å². The van der Waals surface area contributed by atoms with Gasteiger partial charge in [0.25, 0.3) is 5.56 Å². The van der Waals surface area contributed by atoms with Crippen molar-refractivity contribution < 1.29 is 18.3 Å². The van der Waals surface area contributed by atoms with E-state index in [1.807, 2.05) is 24.3 Å². The number of furan rings is 1. The first-order valence-electron chi connectivity index (χ1n) is 12.4. The fourth-order valence-electron chi connectivity index (χ4n) is 4.40. The van der Waals surface area contributed by atoms with E-state index in [1.54, 1.807) is 55.6 Å². The predicted molar refractivity (Wildman–Crippen MR) is 161 cm³/mol. The molecular formula is C31H20BrClFN3O4. The maximum absolute atomic E-state index is 13.7. The van der Waals surface area contributed by atoms with E-state index in [1.165, 1.54) is 23.0 Å². The summed E-state index contributed by atoms with van der Waals surface area (Å²) < 4.78 is 32.7. The second-order valence-corrected chi connectivity index (χ2v) is 10.3. The molecule has 2 heterocycles. The zero-order valence-corrected chi connectivity index (χ0v) is 23.8. The third-order valence-electron chi connectivity index (χ3n) is 6.36. The molecule has 0 radical (unpaired) electrons. The highest BCUT2D eigenvalue weighted by Gasteiger charge is 2.18. The van der Waals surface area contributed by atoms with Crippen LogP contribution in [0.5, 0.6) is 11.5 Å². The van der Waals surface area contributed by atoms with Crippen molar-refractivity contribution in [3.05, 3.63) is 122 Å². The number of rotatable bonds is 7. The predicted octanol–water partition coefficient (Wildman–Crippen LogP) is 7.83. The molecule has 0 atom stereocenters. The summed E-state index contributed by atoms with van der Waals surface area (Å²) in [6.07, 6.45) is 1.47. The minimum absolute atomic E-state index is 0.172. The third kappa shape index (κ3) is 5.33. The number of hydrogen-bond donors (Lipinski definition) is 0. The molecule has 0 amide bonds. The average molecular weight is 633 g/mol. The molecule has 0 aliphatic rings. The summed E-state index contributed by atoms with van der Waals surface area (Å²) in [6, 6.07) is 23.6. The van der Waals surface area contributed by atoms with E-state index in [9.17, 15) is 9.18 Å². The molecule has 10 heteroatoms. The Balaban J connectivity index is 1.47. The lowest BCUT2D eigenvalue weighted by atomic mass is 10.2. The van der Waals surface area contributed by atoms with Gasteiger partial charge in [0.15, 0.2) is 5.76 Å². The van der Waals surface area contributed by atoms with Gasteiger partial charge >= 0.3 is 0 Å². The van der Waals surface area contributed by atoms with Crippen molar-refractivity contribution in [2.24, 2.45) is 5.10 Å². The number of methoxy groups -OCH3 is 1. The van der Waals surface area contributed by atoms with Crippen LogP contribution in [-0.4, -0.2) is 23.0 Å². The van der Waals surface area contributed by atoms with Gasteiger partial charge in [-0.15, -0.1) is 0 Å². The molecule has 0 bridgehead atoms. The number of benzene rings is 4. The molecule has 6 aromatic rings. The van der Waals surface area contributed by atoms with Gasteiger partial charge in [-0.25, -0.2) is 9.37 Å². The van der Waals surface area contributed by atoms with Crippen LogP contribution in [0.25, 0.3) is 33.5 Å². The van der Waals surface area contributed by atoms with Crippen molar-refractivity contribution in [2.45, 2.75) is 6.61 Å². The Morgan fingerprint density at radius 2 is 1.85 bits per heavy atom. The summed E-state index contributed by atoms with van der Waals surface area (Å²) in [7, 11) is 1.58. The second kappa shape index (κ2) is 11.2. The third-order valence-corrected chi connectivity index (χ3v) is 7.17. The van der Waals surface area contributed by atoms with Gasteiger partial charge in [0, 0.05) is 10.6 Å². The van der Waals surface area contributed by atoms with Crippen LogP contribution in [0.15, 0.2) is 104 Å². The molecule has 41 heavy (non-hydrogen) atoms. The number of halogens is 3. The van der Waals surface area contributed by atoms with Crippen LogP contribution in [-0.2, 0) is 6.61 Å². The van der Waals surface area contributed by atoms with Gasteiger partial charge in [0.1, 0.15) is 29.5 Å². The molecule has 0 unspecified atom stereocenters. The molecule has 0 fully saturated rings. The van der Waals surface area contributed by atoms with Crippen LogP contribution in [0.1, 0.15) is 11.1 Å². The van der Waals surface area contributed by atoms with Crippen LogP contribution in [0.3, 0.4) is 0 Å². The highest BCUT2D eigenvalue weighted by atomic mass is 79.9. The molecule has 0 aliphatic carbocycles. The number of para-hydroxylation sites is 1.